The molecule has 0 aliphatic carbocycles. The second kappa shape index (κ2) is 5.62. The van der Waals surface area contributed by atoms with Gasteiger partial charge in [0.05, 0.1) is 5.56 Å². The number of hydrogen-bond donors (Lipinski definition) is 0. The van der Waals surface area contributed by atoms with E-state index in [1.165, 1.54) is 18.2 Å². The minimum atomic E-state index is -4.95. The summed E-state index contributed by atoms with van der Waals surface area (Å²) in [4.78, 5) is 0. The summed E-state index contributed by atoms with van der Waals surface area (Å²) in [6.07, 6.45) is -4.95. The van der Waals surface area contributed by atoms with Gasteiger partial charge in [0.1, 0.15) is 17.6 Å². The smallest absolute Gasteiger partial charge is 0.404 e. The van der Waals surface area contributed by atoms with Gasteiger partial charge < -0.3 is 4.74 Å². The van der Waals surface area contributed by atoms with E-state index < -0.39 is 17.9 Å². The van der Waals surface area contributed by atoms with Gasteiger partial charge in [0.25, 0.3) is 0 Å². The van der Waals surface area contributed by atoms with Crippen molar-refractivity contribution in [3.05, 3.63) is 52.8 Å². The molecule has 0 saturated carbocycles. The maximum atomic E-state index is 13.7. The molecule has 0 bridgehead atoms. The van der Waals surface area contributed by atoms with E-state index >= 15 is 0 Å². The van der Waals surface area contributed by atoms with Gasteiger partial charge in [0, 0.05) is 10.6 Å². The zero-order chi connectivity index (χ0) is 15.6. The molecule has 0 amide bonds. The van der Waals surface area contributed by atoms with E-state index in [-0.39, 0.29) is 21.7 Å². The maximum Gasteiger partial charge on any atom is 0.573 e. The quantitative estimate of drug-likeness (QED) is 0.737. The Morgan fingerprint density at radius 3 is 2.43 bits per heavy atom. The molecule has 0 unspecified atom stereocenters. The van der Waals surface area contributed by atoms with Crippen molar-refractivity contribution in [1.82, 2.24) is 0 Å². The average Bonchev–Trinajstić information content (AvgIpc) is 2.39. The molecule has 0 heterocycles. The van der Waals surface area contributed by atoms with Crippen LogP contribution in [0.25, 0.3) is 11.1 Å². The molecule has 0 radical (unpaired) electrons. The Hall–Kier alpha value is -2.26. The number of ether oxygens (including phenoxy) is 1. The molecule has 0 spiro atoms. The molecule has 2 aromatic carbocycles. The van der Waals surface area contributed by atoms with Crippen LogP contribution in [0.2, 0.25) is 5.02 Å². The Labute approximate surface area is 122 Å². The molecular weight excluding hydrogens is 310 g/mol. The highest BCUT2D eigenvalue weighted by atomic mass is 35.5. The molecule has 0 aromatic heterocycles. The van der Waals surface area contributed by atoms with Crippen molar-refractivity contribution in [3.63, 3.8) is 0 Å². The summed E-state index contributed by atoms with van der Waals surface area (Å²) in [6.45, 7) is 0. The van der Waals surface area contributed by atoms with Crippen LogP contribution in [0.15, 0.2) is 36.4 Å². The van der Waals surface area contributed by atoms with Crippen molar-refractivity contribution < 1.29 is 22.3 Å². The van der Waals surface area contributed by atoms with Crippen molar-refractivity contribution in [2.24, 2.45) is 0 Å². The molecule has 0 fully saturated rings. The van der Waals surface area contributed by atoms with Gasteiger partial charge in [-0.25, -0.2) is 4.39 Å². The number of rotatable bonds is 2. The van der Waals surface area contributed by atoms with Gasteiger partial charge in [0.2, 0.25) is 0 Å². The van der Waals surface area contributed by atoms with Crippen LogP contribution in [0.3, 0.4) is 0 Å². The average molecular weight is 316 g/mol. The largest absolute Gasteiger partial charge is 0.573 e. The van der Waals surface area contributed by atoms with E-state index in [0.717, 1.165) is 18.2 Å². The Bertz CT molecular complexity index is 722. The molecule has 7 heteroatoms. The summed E-state index contributed by atoms with van der Waals surface area (Å²) in [5.41, 5.74) is -0.175. The predicted molar refractivity (Wildman–Crippen MR) is 68.2 cm³/mol. The number of nitrogens with zero attached hydrogens (tertiary/aromatic N) is 1. The summed E-state index contributed by atoms with van der Waals surface area (Å²) in [5.74, 6) is -1.34. The van der Waals surface area contributed by atoms with Crippen LogP contribution in [0.4, 0.5) is 17.6 Å². The summed E-state index contributed by atoms with van der Waals surface area (Å²) < 4.78 is 54.4. The highest BCUT2D eigenvalue weighted by Gasteiger charge is 2.32. The van der Waals surface area contributed by atoms with Gasteiger partial charge in [0.15, 0.2) is 0 Å². The molecule has 0 atom stereocenters. The van der Waals surface area contributed by atoms with Gasteiger partial charge in [-0.05, 0) is 35.9 Å². The third kappa shape index (κ3) is 3.64. The number of hydrogen-bond acceptors (Lipinski definition) is 2. The maximum absolute atomic E-state index is 13.7. The zero-order valence-corrected chi connectivity index (χ0v) is 11.0. The van der Waals surface area contributed by atoms with Gasteiger partial charge in [-0.2, -0.15) is 5.26 Å². The van der Waals surface area contributed by atoms with Crippen molar-refractivity contribution in [2.75, 3.05) is 0 Å². The van der Waals surface area contributed by atoms with E-state index in [1.54, 1.807) is 6.07 Å². The second-order valence-electron chi connectivity index (χ2n) is 3.99. The second-order valence-corrected chi connectivity index (χ2v) is 4.43. The van der Waals surface area contributed by atoms with E-state index in [9.17, 15) is 17.6 Å². The monoisotopic (exact) mass is 315 g/mol. The highest BCUT2D eigenvalue weighted by Crippen LogP contribution is 2.33. The Morgan fingerprint density at radius 1 is 1.10 bits per heavy atom. The lowest BCUT2D eigenvalue weighted by atomic mass is 10.0. The van der Waals surface area contributed by atoms with Gasteiger partial charge in [-0.3, -0.25) is 0 Å². The predicted octanol–water partition coefficient (Wildman–Crippen LogP) is 4.92. The van der Waals surface area contributed by atoms with Crippen LogP contribution in [-0.4, -0.2) is 6.36 Å². The molecule has 0 aliphatic heterocycles. The minimum absolute atomic E-state index is 0.0130. The molecule has 0 N–H and O–H groups in total. The number of benzene rings is 2. The molecule has 108 valence electrons. The van der Waals surface area contributed by atoms with Crippen molar-refractivity contribution in [3.8, 4) is 22.9 Å². The van der Waals surface area contributed by atoms with Crippen molar-refractivity contribution in [1.29, 1.82) is 5.26 Å². The first kappa shape index (κ1) is 15.1. The van der Waals surface area contributed by atoms with Crippen LogP contribution in [0.5, 0.6) is 5.75 Å². The van der Waals surface area contributed by atoms with Crippen LogP contribution in [0, 0.1) is 17.1 Å². The summed E-state index contributed by atoms with van der Waals surface area (Å²) >= 11 is 5.74. The van der Waals surface area contributed by atoms with Gasteiger partial charge >= 0.3 is 6.36 Å². The van der Waals surface area contributed by atoms with Gasteiger partial charge in [-0.15, -0.1) is 13.2 Å². The van der Waals surface area contributed by atoms with E-state index in [1.807, 2.05) is 0 Å². The highest BCUT2D eigenvalue weighted by molar-refractivity contribution is 6.30. The first-order valence-electron chi connectivity index (χ1n) is 5.55. The standard InChI is InChI=1S/C14H6ClF4NO/c15-10-3-4-12(16)11(6-10)8-1-2-9(7-20)13(5-8)21-14(17,18)19/h1-6H. The van der Waals surface area contributed by atoms with Crippen LogP contribution in [-0.2, 0) is 0 Å². The van der Waals surface area contributed by atoms with Crippen LogP contribution >= 0.6 is 11.6 Å². The number of nitriles is 1. The normalized spacial score (nSPS) is 11.0. The molecule has 0 aliphatic rings. The Balaban J connectivity index is 2.54. The van der Waals surface area contributed by atoms with E-state index in [4.69, 9.17) is 16.9 Å². The van der Waals surface area contributed by atoms with Crippen molar-refractivity contribution in [2.45, 2.75) is 6.36 Å². The summed E-state index contributed by atoms with van der Waals surface area (Å²) in [5, 5.41) is 9.01. The van der Waals surface area contributed by atoms with E-state index in [0.29, 0.717) is 0 Å². The molecule has 21 heavy (non-hydrogen) atoms. The Morgan fingerprint density at radius 2 is 1.81 bits per heavy atom. The lowest BCUT2D eigenvalue weighted by Crippen LogP contribution is -2.17. The molecule has 2 aromatic rings. The fourth-order valence-electron chi connectivity index (χ4n) is 1.71. The number of halogens is 5. The topological polar surface area (TPSA) is 33.0 Å². The third-order valence-corrected chi connectivity index (χ3v) is 2.80. The lowest BCUT2D eigenvalue weighted by molar-refractivity contribution is -0.274. The molecule has 0 saturated heterocycles. The van der Waals surface area contributed by atoms with Gasteiger partial charge in [-0.1, -0.05) is 17.7 Å². The van der Waals surface area contributed by atoms with Crippen LogP contribution < -0.4 is 4.74 Å². The van der Waals surface area contributed by atoms with Crippen molar-refractivity contribution >= 4 is 11.6 Å². The minimum Gasteiger partial charge on any atom is -0.404 e. The lowest BCUT2D eigenvalue weighted by Gasteiger charge is -2.12. The Kier molecular flexibility index (Phi) is 4.05. The molecule has 2 rings (SSSR count). The first-order chi connectivity index (χ1) is 9.80. The first-order valence-corrected chi connectivity index (χ1v) is 5.93. The molecular formula is C14H6ClF4NO. The fraction of sp³-hybridized carbons (Fsp3) is 0.0714. The van der Waals surface area contributed by atoms with Crippen LogP contribution in [0.1, 0.15) is 5.56 Å². The van der Waals surface area contributed by atoms with E-state index in [2.05, 4.69) is 4.74 Å². The third-order valence-electron chi connectivity index (χ3n) is 2.57. The zero-order valence-electron chi connectivity index (χ0n) is 10.2. The fourth-order valence-corrected chi connectivity index (χ4v) is 1.88. The summed E-state index contributed by atoms with van der Waals surface area (Å²) in [7, 11) is 0. The molecule has 2 nitrogen and oxygen atoms in total. The number of alkyl halides is 3. The summed E-state index contributed by atoms with van der Waals surface area (Å²) in [6, 6.07) is 8.65. The SMILES string of the molecule is N#Cc1ccc(-c2cc(Cl)ccc2F)cc1OC(F)(F)F.